The summed E-state index contributed by atoms with van der Waals surface area (Å²) in [7, 11) is -3.67. The number of hydrogen-bond acceptors (Lipinski definition) is 5. The normalized spacial score (nSPS) is 28.4. The van der Waals surface area contributed by atoms with Crippen LogP contribution in [0.15, 0.2) is 29.2 Å². The van der Waals surface area contributed by atoms with Crippen LogP contribution in [0.2, 0.25) is 0 Å². The molecule has 2 aliphatic carbocycles. The molecule has 3 aliphatic rings. The van der Waals surface area contributed by atoms with Gasteiger partial charge in [-0.15, -0.1) is 0 Å². The molecule has 1 heterocycles. The maximum Gasteiger partial charge on any atom is 0.243 e. The fourth-order valence-electron chi connectivity index (χ4n) is 5.88. The van der Waals surface area contributed by atoms with Crippen molar-refractivity contribution in [2.24, 2.45) is 17.8 Å². The topological polar surface area (TPSA) is 86.8 Å². The zero-order valence-corrected chi connectivity index (χ0v) is 20.1. The molecule has 5 unspecified atom stereocenters. The monoisotopic (exact) mass is 461 g/mol. The Morgan fingerprint density at radius 3 is 2.38 bits per heavy atom. The van der Waals surface area contributed by atoms with Crippen LogP contribution in [0, 0.1) is 17.8 Å². The first-order valence-electron chi connectivity index (χ1n) is 11.8. The molecule has 3 fully saturated rings. The molecule has 1 aromatic carbocycles. The van der Waals surface area contributed by atoms with Crippen LogP contribution in [-0.2, 0) is 14.8 Å². The first kappa shape index (κ1) is 23.4. The Morgan fingerprint density at radius 2 is 1.78 bits per heavy atom. The van der Waals surface area contributed by atoms with E-state index in [-0.39, 0.29) is 28.7 Å². The third-order valence-corrected chi connectivity index (χ3v) is 9.78. The second-order valence-electron chi connectivity index (χ2n) is 9.84. The van der Waals surface area contributed by atoms with Crippen molar-refractivity contribution < 1.29 is 18.0 Å². The fraction of sp³-hybridized carbons (Fsp3) is 0.667. The van der Waals surface area contributed by atoms with Gasteiger partial charge in [-0.05, 0) is 69.9 Å². The third kappa shape index (κ3) is 4.63. The molecule has 1 amide bonds. The number of rotatable bonds is 7. The summed E-state index contributed by atoms with van der Waals surface area (Å²) < 4.78 is 27.5. The van der Waals surface area contributed by atoms with Crippen molar-refractivity contribution in [2.75, 3.05) is 26.2 Å². The molecule has 2 bridgehead atoms. The van der Waals surface area contributed by atoms with Crippen molar-refractivity contribution in [1.82, 2.24) is 14.5 Å². The smallest absolute Gasteiger partial charge is 0.243 e. The average Bonchev–Trinajstić information content (AvgIpc) is 3.42. The van der Waals surface area contributed by atoms with Crippen molar-refractivity contribution in [3.05, 3.63) is 29.8 Å². The van der Waals surface area contributed by atoms with Crippen molar-refractivity contribution in [3.8, 4) is 0 Å². The molecule has 2 saturated carbocycles. The number of piperazine rings is 1. The zero-order chi connectivity index (χ0) is 23.0. The summed E-state index contributed by atoms with van der Waals surface area (Å²) in [5.41, 5.74) is 0.389. The van der Waals surface area contributed by atoms with Crippen LogP contribution in [0.25, 0.3) is 0 Å². The maximum absolute atomic E-state index is 13.0. The second-order valence-corrected chi connectivity index (χ2v) is 11.8. The van der Waals surface area contributed by atoms with Gasteiger partial charge in [0.05, 0.1) is 10.9 Å². The van der Waals surface area contributed by atoms with E-state index in [9.17, 15) is 18.0 Å². The number of nitrogens with one attached hydrogen (secondary N) is 1. The van der Waals surface area contributed by atoms with Crippen LogP contribution < -0.4 is 5.32 Å². The third-order valence-electron chi connectivity index (χ3n) is 7.88. The van der Waals surface area contributed by atoms with Gasteiger partial charge in [-0.25, -0.2) is 8.42 Å². The number of hydrogen-bond donors (Lipinski definition) is 1. The molecule has 0 radical (unpaired) electrons. The Labute approximate surface area is 191 Å². The summed E-state index contributed by atoms with van der Waals surface area (Å²) in [4.78, 5) is 26.7. The van der Waals surface area contributed by atoms with Gasteiger partial charge in [-0.2, -0.15) is 4.31 Å². The molecule has 7 nitrogen and oxygen atoms in total. The first-order chi connectivity index (χ1) is 15.2. The van der Waals surface area contributed by atoms with Gasteiger partial charge in [0.2, 0.25) is 15.9 Å². The highest BCUT2D eigenvalue weighted by molar-refractivity contribution is 7.89. The Hall–Kier alpha value is -1.77. The lowest BCUT2D eigenvalue weighted by Crippen LogP contribution is -2.56. The first-order valence-corrected chi connectivity index (χ1v) is 13.3. The molecule has 32 heavy (non-hydrogen) atoms. The molecule has 1 saturated heterocycles. The predicted molar refractivity (Wildman–Crippen MR) is 123 cm³/mol. The average molecular weight is 462 g/mol. The van der Waals surface area contributed by atoms with Gasteiger partial charge in [0, 0.05) is 37.8 Å². The Bertz CT molecular complexity index is 971. The van der Waals surface area contributed by atoms with Gasteiger partial charge in [-0.1, -0.05) is 18.6 Å². The highest BCUT2D eigenvalue weighted by Crippen LogP contribution is 2.49. The number of Topliss-reactive ketones (excluding diaryl/α,β-unsaturated/α-hetero) is 1. The lowest BCUT2D eigenvalue weighted by Gasteiger charge is -2.37. The van der Waals surface area contributed by atoms with Crippen LogP contribution in [0.1, 0.15) is 56.8 Å². The lowest BCUT2D eigenvalue weighted by atomic mass is 9.84. The zero-order valence-electron chi connectivity index (χ0n) is 19.3. The van der Waals surface area contributed by atoms with Crippen LogP contribution in [0.4, 0.5) is 0 Å². The van der Waals surface area contributed by atoms with Gasteiger partial charge >= 0.3 is 0 Å². The molecule has 1 aliphatic heterocycles. The predicted octanol–water partition coefficient (Wildman–Crippen LogP) is 2.52. The van der Waals surface area contributed by atoms with Crippen molar-refractivity contribution in [2.45, 2.75) is 63.4 Å². The number of benzene rings is 1. The van der Waals surface area contributed by atoms with Gasteiger partial charge in [0.1, 0.15) is 0 Å². The van der Waals surface area contributed by atoms with Crippen molar-refractivity contribution >= 4 is 21.7 Å². The molecular formula is C24H35N3O4S. The van der Waals surface area contributed by atoms with Gasteiger partial charge in [0.15, 0.2) is 5.78 Å². The number of ketones is 1. The molecule has 1 N–H and O–H groups in total. The van der Waals surface area contributed by atoms with E-state index >= 15 is 0 Å². The largest absolute Gasteiger partial charge is 0.352 e. The quantitative estimate of drug-likeness (QED) is 0.631. The Morgan fingerprint density at radius 1 is 1.06 bits per heavy atom. The molecule has 1 aromatic rings. The van der Waals surface area contributed by atoms with Crippen LogP contribution in [0.3, 0.4) is 0 Å². The summed E-state index contributed by atoms with van der Waals surface area (Å²) in [6, 6.07) is 6.09. The summed E-state index contributed by atoms with van der Waals surface area (Å²) in [6.45, 7) is 7.12. The van der Waals surface area contributed by atoms with Crippen LogP contribution in [0.5, 0.6) is 0 Å². The van der Waals surface area contributed by atoms with Gasteiger partial charge < -0.3 is 5.32 Å². The number of carbonyl (C=O) groups excluding carboxylic acids is 2. The Balaban J connectivity index is 1.32. The summed E-state index contributed by atoms with van der Waals surface area (Å²) >= 11 is 0. The van der Waals surface area contributed by atoms with E-state index in [4.69, 9.17) is 0 Å². The van der Waals surface area contributed by atoms with E-state index in [1.54, 1.807) is 12.1 Å². The summed E-state index contributed by atoms with van der Waals surface area (Å²) in [5, 5.41) is 3.24. The van der Waals surface area contributed by atoms with Crippen LogP contribution >= 0.6 is 0 Å². The van der Waals surface area contributed by atoms with E-state index in [2.05, 4.69) is 17.1 Å². The minimum Gasteiger partial charge on any atom is -0.352 e. The van der Waals surface area contributed by atoms with E-state index < -0.39 is 10.0 Å². The molecule has 0 spiro atoms. The van der Waals surface area contributed by atoms with Gasteiger partial charge in [-0.3, -0.25) is 14.5 Å². The van der Waals surface area contributed by atoms with E-state index in [1.165, 1.54) is 49.0 Å². The Kier molecular flexibility index (Phi) is 6.75. The van der Waals surface area contributed by atoms with Crippen LogP contribution in [-0.4, -0.2) is 67.6 Å². The molecular weight excluding hydrogens is 426 g/mol. The molecule has 4 rings (SSSR count). The minimum atomic E-state index is -3.67. The van der Waals surface area contributed by atoms with Crippen molar-refractivity contribution in [3.63, 3.8) is 0 Å². The molecule has 0 aromatic heterocycles. The molecule has 176 valence electrons. The number of nitrogens with zero attached hydrogens (tertiary/aromatic N) is 2. The second kappa shape index (κ2) is 9.23. The molecule has 8 heteroatoms. The number of fused-ring (bicyclic) bond motifs is 2. The van der Waals surface area contributed by atoms with E-state index in [0.717, 1.165) is 11.8 Å². The maximum atomic E-state index is 13.0. The minimum absolute atomic E-state index is 0.0331. The summed E-state index contributed by atoms with van der Waals surface area (Å²) in [5.74, 6) is 2.09. The number of sulfonamides is 1. The number of carbonyl (C=O) groups is 2. The number of amides is 1. The lowest BCUT2D eigenvalue weighted by molar-refractivity contribution is -0.127. The SMILES string of the molecule is CC(=O)c1cccc(S(=O)(=O)N2CCN(C(C)C(=O)NC(C)C3CC4CCC3C4)CC2)c1. The standard InChI is InChI=1S/C24H35N3O4S/c1-16(23-14-19-7-8-21(23)13-19)25-24(29)17(2)26-9-11-27(12-10-26)32(30,31)22-6-4-5-20(15-22)18(3)28/h4-6,15-17,19,21,23H,7-14H2,1-3H3,(H,25,29). The highest BCUT2D eigenvalue weighted by Gasteiger charge is 2.42. The van der Waals surface area contributed by atoms with Crippen molar-refractivity contribution in [1.29, 1.82) is 0 Å². The van der Waals surface area contributed by atoms with E-state index in [1.807, 2.05) is 6.92 Å². The highest BCUT2D eigenvalue weighted by atomic mass is 32.2. The molecule has 5 atom stereocenters. The van der Waals surface area contributed by atoms with Gasteiger partial charge in [0.25, 0.3) is 0 Å². The summed E-state index contributed by atoms with van der Waals surface area (Å²) in [6.07, 6.45) is 5.22. The van der Waals surface area contributed by atoms with E-state index in [0.29, 0.717) is 37.7 Å². The fourth-order valence-corrected chi connectivity index (χ4v) is 7.35.